The first-order valence-corrected chi connectivity index (χ1v) is 6.62. The molecule has 4 nitrogen and oxygen atoms in total. The van der Waals surface area contributed by atoms with Gasteiger partial charge in [0.15, 0.2) is 5.84 Å². The van der Waals surface area contributed by atoms with E-state index in [1.165, 1.54) is 6.07 Å². The van der Waals surface area contributed by atoms with Crippen molar-refractivity contribution in [3.05, 3.63) is 64.4 Å². The average molecular weight is 308 g/mol. The van der Waals surface area contributed by atoms with Crippen molar-refractivity contribution in [2.45, 2.75) is 6.54 Å². The smallest absolute Gasteiger partial charge is 0.175 e. The summed E-state index contributed by atoms with van der Waals surface area (Å²) in [7, 11) is 1.80. The molecule has 0 saturated carbocycles. The highest BCUT2D eigenvalue weighted by molar-refractivity contribution is 6.30. The molecule has 0 atom stereocenters. The van der Waals surface area contributed by atoms with Gasteiger partial charge < -0.3 is 15.8 Å². The monoisotopic (exact) mass is 307 g/mol. The first-order chi connectivity index (χ1) is 10.0. The Morgan fingerprint density at radius 1 is 1.33 bits per heavy atom. The van der Waals surface area contributed by atoms with E-state index in [1.807, 2.05) is 23.1 Å². The minimum atomic E-state index is -0.541. The Labute approximate surface area is 127 Å². The molecular weight excluding hydrogens is 293 g/mol. The topological polar surface area (TPSA) is 61.8 Å². The highest BCUT2D eigenvalue weighted by Gasteiger charge is 2.16. The Morgan fingerprint density at radius 3 is 2.71 bits per heavy atom. The summed E-state index contributed by atoms with van der Waals surface area (Å²) in [6.07, 6.45) is 0. The van der Waals surface area contributed by atoms with Crippen LogP contribution in [-0.2, 0) is 6.54 Å². The number of rotatable bonds is 4. The van der Waals surface area contributed by atoms with E-state index in [4.69, 9.17) is 22.5 Å². The van der Waals surface area contributed by atoms with Gasteiger partial charge in [0.25, 0.3) is 0 Å². The van der Waals surface area contributed by atoms with Crippen molar-refractivity contribution in [2.75, 3.05) is 11.9 Å². The number of anilines is 1. The van der Waals surface area contributed by atoms with Crippen LogP contribution in [0.25, 0.3) is 0 Å². The van der Waals surface area contributed by atoms with Crippen LogP contribution in [0.3, 0.4) is 0 Å². The fourth-order valence-electron chi connectivity index (χ4n) is 2.13. The fraction of sp³-hybridized carbons (Fsp3) is 0.133. The second kappa shape index (κ2) is 6.45. The minimum Gasteiger partial charge on any atom is -0.409 e. The van der Waals surface area contributed by atoms with Crippen molar-refractivity contribution in [3.63, 3.8) is 0 Å². The number of oxime groups is 1. The summed E-state index contributed by atoms with van der Waals surface area (Å²) >= 11 is 5.95. The Hall–Kier alpha value is -2.27. The van der Waals surface area contributed by atoms with Gasteiger partial charge in [-0.1, -0.05) is 35.0 Å². The van der Waals surface area contributed by atoms with Gasteiger partial charge in [-0.2, -0.15) is 0 Å². The summed E-state index contributed by atoms with van der Waals surface area (Å²) in [5, 5.41) is 12.3. The third-order valence-corrected chi connectivity index (χ3v) is 3.31. The van der Waals surface area contributed by atoms with Gasteiger partial charge in [-0.3, -0.25) is 0 Å². The SMILES string of the molecule is CN(Cc1cccc(Cl)c1)c1cccc(F)c1C(N)=NO. The quantitative estimate of drug-likeness (QED) is 0.394. The molecule has 2 aromatic rings. The van der Waals surface area contributed by atoms with Crippen LogP contribution in [0.15, 0.2) is 47.6 Å². The molecule has 0 radical (unpaired) electrons. The highest BCUT2D eigenvalue weighted by atomic mass is 35.5. The maximum atomic E-state index is 13.9. The van der Waals surface area contributed by atoms with Crippen molar-refractivity contribution in [3.8, 4) is 0 Å². The predicted molar refractivity (Wildman–Crippen MR) is 82.5 cm³/mol. The minimum absolute atomic E-state index is 0.0736. The Morgan fingerprint density at radius 2 is 2.05 bits per heavy atom. The van der Waals surface area contributed by atoms with E-state index >= 15 is 0 Å². The van der Waals surface area contributed by atoms with Crippen LogP contribution in [-0.4, -0.2) is 18.1 Å². The number of nitrogens with two attached hydrogens (primary N) is 1. The number of nitrogens with zero attached hydrogens (tertiary/aromatic N) is 2. The zero-order valence-electron chi connectivity index (χ0n) is 11.4. The van der Waals surface area contributed by atoms with Crippen molar-refractivity contribution in [1.29, 1.82) is 0 Å². The molecule has 6 heteroatoms. The number of halogens is 2. The molecule has 0 aliphatic heterocycles. The average Bonchev–Trinajstić information content (AvgIpc) is 2.46. The largest absolute Gasteiger partial charge is 0.409 e. The van der Waals surface area contributed by atoms with E-state index in [0.29, 0.717) is 17.3 Å². The third-order valence-electron chi connectivity index (χ3n) is 3.08. The summed E-state index contributed by atoms with van der Waals surface area (Å²) in [6.45, 7) is 0.510. The number of amidine groups is 1. The lowest BCUT2D eigenvalue weighted by Crippen LogP contribution is -2.23. The summed E-state index contributed by atoms with van der Waals surface area (Å²) in [6, 6.07) is 11.9. The molecule has 0 fully saturated rings. The second-order valence-corrected chi connectivity index (χ2v) is 5.04. The van der Waals surface area contributed by atoms with Gasteiger partial charge in [-0.05, 0) is 29.8 Å². The lowest BCUT2D eigenvalue weighted by Gasteiger charge is -2.22. The first kappa shape index (κ1) is 15.1. The van der Waals surface area contributed by atoms with Gasteiger partial charge in [0.05, 0.1) is 11.3 Å². The van der Waals surface area contributed by atoms with Crippen LogP contribution in [0.1, 0.15) is 11.1 Å². The van der Waals surface area contributed by atoms with Crippen LogP contribution in [0.5, 0.6) is 0 Å². The molecular formula is C15H15ClFN3O. The first-order valence-electron chi connectivity index (χ1n) is 6.25. The van der Waals surface area contributed by atoms with Gasteiger partial charge in [-0.15, -0.1) is 0 Å². The van der Waals surface area contributed by atoms with E-state index < -0.39 is 5.82 Å². The predicted octanol–water partition coefficient (Wildman–Crippen LogP) is 3.21. The lowest BCUT2D eigenvalue weighted by atomic mass is 10.1. The molecule has 0 amide bonds. The number of benzene rings is 2. The Bertz CT molecular complexity index is 676. The summed E-state index contributed by atoms with van der Waals surface area (Å²) < 4.78 is 13.9. The van der Waals surface area contributed by atoms with Crippen LogP contribution < -0.4 is 10.6 Å². The Kier molecular flexibility index (Phi) is 4.65. The van der Waals surface area contributed by atoms with Gasteiger partial charge in [-0.25, -0.2) is 4.39 Å². The number of hydrogen-bond acceptors (Lipinski definition) is 3. The molecule has 0 aliphatic rings. The van der Waals surface area contributed by atoms with E-state index in [-0.39, 0.29) is 11.4 Å². The zero-order chi connectivity index (χ0) is 15.4. The molecule has 0 unspecified atom stereocenters. The molecule has 110 valence electrons. The maximum absolute atomic E-state index is 13.9. The fourth-order valence-corrected chi connectivity index (χ4v) is 2.34. The number of hydrogen-bond donors (Lipinski definition) is 2. The van der Waals surface area contributed by atoms with Gasteiger partial charge >= 0.3 is 0 Å². The van der Waals surface area contributed by atoms with E-state index in [9.17, 15) is 4.39 Å². The van der Waals surface area contributed by atoms with Gasteiger partial charge in [0.2, 0.25) is 0 Å². The third kappa shape index (κ3) is 3.44. The highest BCUT2D eigenvalue weighted by Crippen LogP contribution is 2.24. The van der Waals surface area contributed by atoms with Crippen molar-refractivity contribution in [2.24, 2.45) is 10.9 Å². The Balaban J connectivity index is 2.35. The molecule has 0 spiro atoms. The molecule has 21 heavy (non-hydrogen) atoms. The van der Waals surface area contributed by atoms with Crippen molar-refractivity contribution < 1.29 is 9.60 Å². The zero-order valence-corrected chi connectivity index (χ0v) is 12.2. The van der Waals surface area contributed by atoms with E-state index in [0.717, 1.165) is 5.56 Å². The molecule has 0 aliphatic carbocycles. The van der Waals surface area contributed by atoms with Gasteiger partial charge in [0.1, 0.15) is 5.82 Å². The molecule has 0 saturated heterocycles. The molecule has 3 N–H and O–H groups in total. The van der Waals surface area contributed by atoms with Crippen LogP contribution >= 0.6 is 11.6 Å². The van der Waals surface area contributed by atoms with Gasteiger partial charge in [0, 0.05) is 18.6 Å². The van der Waals surface area contributed by atoms with E-state index in [1.54, 1.807) is 25.2 Å². The molecule has 0 bridgehead atoms. The summed E-state index contributed by atoms with van der Waals surface area (Å²) in [5.74, 6) is -0.804. The normalized spacial score (nSPS) is 11.5. The van der Waals surface area contributed by atoms with Crippen molar-refractivity contribution >= 4 is 23.1 Å². The second-order valence-electron chi connectivity index (χ2n) is 4.61. The summed E-state index contributed by atoms with van der Waals surface area (Å²) in [5.41, 5.74) is 7.14. The van der Waals surface area contributed by atoms with Crippen molar-refractivity contribution in [1.82, 2.24) is 0 Å². The molecule has 2 rings (SSSR count). The maximum Gasteiger partial charge on any atom is 0.175 e. The van der Waals surface area contributed by atoms with Crippen LogP contribution in [0.2, 0.25) is 5.02 Å². The molecule has 2 aromatic carbocycles. The molecule has 0 heterocycles. The van der Waals surface area contributed by atoms with Crippen LogP contribution in [0, 0.1) is 5.82 Å². The van der Waals surface area contributed by atoms with Crippen LogP contribution in [0.4, 0.5) is 10.1 Å². The molecule has 0 aromatic heterocycles. The summed E-state index contributed by atoms with van der Waals surface area (Å²) in [4.78, 5) is 1.81. The lowest BCUT2D eigenvalue weighted by molar-refractivity contribution is 0.318. The standard InChI is InChI=1S/C15H15ClFN3O/c1-20(9-10-4-2-5-11(16)8-10)13-7-3-6-12(17)14(13)15(18)19-21/h2-8,21H,9H2,1H3,(H2,18,19). The van der Waals surface area contributed by atoms with E-state index in [2.05, 4.69) is 5.16 Å².